The Kier molecular flexibility index (Phi) is 6.17. The number of halogens is 4. The molecule has 0 N–H and O–H groups in total. The van der Waals surface area contributed by atoms with Gasteiger partial charge in [-0.1, -0.05) is 35.9 Å². The van der Waals surface area contributed by atoms with Gasteiger partial charge in [0.15, 0.2) is 5.78 Å². The van der Waals surface area contributed by atoms with Crippen molar-refractivity contribution in [2.75, 3.05) is 42.5 Å². The molecule has 2 aromatic carbocycles. The Balaban J connectivity index is 1.12. The van der Waals surface area contributed by atoms with E-state index in [1.54, 1.807) is 18.0 Å². The number of alkyl halides is 3. The average Bonchev–Trinajstić information content (AvgIpc) is 3.44. The summed E-state index contributed by atoms with van der Waals surface area (Å²) in [4.78, 5) is 21.7. The van der Waals surface area contributed by atoms with Crippen LogP contribution in [0.1, 0.15) is 27.0 Å². The van der Waals surface area contributed by atoms with Crippen LogP contribution in [0.4, 0.5) is 24.7 Å². The van der Waals surface area contributed by atoms with Crippen LogP contribution in [-0.4, -0.2) is 47.8 Å². The molecule has 0 amide bonds. The number of nitrogens with zero attached hydrogens (tertiary/aromatic N) is 4. The third-order valence-corrected chi connectivity index (χ3v) is 8.16. The molecule has 0 saturated carbocycles. The van der Waals surface area contributed by atoms with E-state index in [1.807, 2.05) is 29.2 Å². The van der Waals surface area contributed by atoms with Crippen molar-refractivity contribution in [1.29, 1.82) is 0 Å². The number of benzene rings is 2. The van der Waals surface area contributed by atoms with Crippen molar-refractivity contribution in [2.45, 2.75) is 17.5 Å². The van der Waals surface area contributed by atoms with Crippen molar-refractivity contribution in [3.63, 3.8) is 0 Å². The molecule has 3 heterocycles. The number of rotatable bonds is 4. The van der Waals surface area contributed by atoms with E-state index in [4.69, 9.17) is 11.6 Å². The average molecular weight is 543 g/mol. The Hall–Kier alpha value is -3.01. The Morgan fingerprint density at radius 1 is 0.919 bits per heavy atom. The molecule has 1 saturated heterocycles. The van der Waals surface area contributed by atoms with Gasteiger partial charge < -0.3 is 9.80 Å². The van der Waals surface area contributed by atoms with E-state index >= 15 is 0 Å². The van der Waals surface area contributed by atoms with Crippen LogP contribution in [0.2, 0.25) is 5.15 Å². The number of hydrogen-bond acceptors (Lipinski definition) is 6. The topological polar surface area (TPSA) is 39.7 Å². The van der Waals surface area contributed by atoms with Gasteiger partial charge >= 0.3 is 6.18 Å². The number of pyridine rings is 1. The molecule has 1 aliphatic carbocycles. The Labute approximate surface area is 221 Å². The second kappa shape index (κ2) is 9.38. The van der Waals surface area contributed by atoms with Gasteiger partial charge in [-0.3, -0.25) is 4.79 Å². The largest absolute Gasteiger partial charge is 0.416 e. The van der Waals surface area contributed by atoms with Crippen LogP contribution >= 0.6 is 23.5 Å². The fourth-order valence-corrected chi connectivity index (χ4v) is 6.25. The van der Waals surface area contributed by atoms with Gasteiger partial charge in [-0.15, -0.1) is 0 Å². The number of carbonyl (C=O) groups is 1. The number of anilines is 2. The summed E-state index contributed by atoms with van der Waals surface area (Å²) in [5, 5.41) is -0.157. The zero-order valence-electron chi connectivity index (χ0n) is 19.6. The van der Waals surface area contributed by atoms with Gasteiger partial charge in [0.25, 0.3) is 0 Å². The summed E-state index contributed by atoms with van der Waals surface area (Å²) < 4.78 is 41.7. The smallest absolute Gasteiger partial charge is 0.354 e. The molecule has 37 heavy (non-hydrogen) atoms. The molecule has 0 unspecified atom stereocenters. The normalized spacial score (nSPS) is 17.7. The van der Waals surface area contributed by atoms with E-state index in [9.17, 15) is 18.0 Å². The molecule has 190 valence electrons. The van der Waals surface area contributed by atoms with E-state index in [0.29, 0.717) is 26.2 Å². The van der Waals surface area contributed by atoms with Crippen molar-refractivity contribution < 1.29 is 18.0 Å². The van der Waals surface area contributed by atoms with Crippen molar-refractivity contribution in [1.82, 2.24) is 9.29 Å². The van der Waals surface area contributed by atoms with Crippen LogP contribution in [0.5, 0.6) is 0 Å². The summed E-state index contributed by atoms with van der Waals surface area (Å²) in [6.45, 7) is 3.28. The highest BCUT2D eigenvalue weighted by Crippen LogP contribution is 2.40. The van der Waals surface area contributed by atoms with Crippen LogP contribution in [0.25, 0.3) is 5.70 Å². The zero-order valence-corrected chi connectivity index (χ0v) is 21.2. The summed E-state index contributed by atoms with van der Waals surface area (Å²) in [7, 11) is 0. The summed E-state index contributed by atoms with van der Waals surface area (Å²) in [6.07, 6.45) is -1.84. The molecule has 6 rings (SSSR count). The molecular weight excluding hydrogens is 521 g/mol. The van der Waals surface area contributed by atoms with Crippen LogP contribution in [0.3, 0.4) is 0 Å². The maximum absolute atomic E-state index is 13.2. The number of allylic oxidation sites excluding steroid dienone is 1. The highest BCUT2D eigenvalue weighted by Gasteiger charge is 2.33. The number of piperazine rings is 1. The first-order valence-corrected chi connectivity index (χ1v) is 13.1. The fourth-order valence-electron chi connectivity index (χ4n) is 5.08. The molecule has 10 heteroatoms. The molecule has 0 atom stereocenters. The second-order valence-corrected chi connectivity index (χ2v) is 10.7. The minimum Gasteiger partial charge on any atom is -0.354 e. The van der Waals surface area contributed by atoms with Crippen LogP contribution < -0.4 is 9.80 Å². The number of fused-ring (bicyclic) bond motifs is 2. The predicted octanol–water partition coefficient (Wildman–Crippen LogP) is 6.18. The Morgan fingerprint density at radius 2 is 1.68 bits per heavy atom. The van der Waals surface area contributed by atoms with Gasteiger partial charge in [0.1, 0.15) is 11.0 Å². The fraction of sp³-hybridized carbons (Fsp3) is 0.259. The summed E-state index contributed by atoms with van der Waals surface area (Å²) in [6, 6.07) is 16.0. The van der Waals surface area contributed by atoms with Gasteiger partial charge in [-0.25, -0.2) is 9.29 Å². The van der Waals surface area contributed by atoms with Crippen LogP contribution in [0, 0.1) is 0 Å². The lowest BCUT2D eigenvalue weighted by Gasteiger charge is -2.34. The van der Waals surface area contributed by atoms with Gasteiger partial charge in [-0.2, -0.15) is 13.2 Å². The van der Waals surface area contributed by atoms with E-state index in [1.165, 1.54) is 5.56 Å². The molecular formula is C27H22ClF3N4OS. The summed E-state index contributed by atoms with van der Waals surface area (Å²) in [5.41, 5.74) is 4.27. The molecule has 3 aromatic rings. The zero-order chi connectivity index (χ0) is 25.7. The molecule has 3 aliphatic rings. The van der Waals surface area contributed by atoms with Gasteiger partial charge in [-0.05, 0) is 54.3 Å². The van der Waals surface area contributed by atoms with Crippen LogP contribution in [0.15, 0.2) is 65.6 Å². The Morgan fingerprint density at radius 3 is 2.43 bits per heavy atom. The second-order valence-electron chi connectivity index (χ2n) is 9.17. The maximum Gasteiger partial charge on any atom is 0.416 e. The third kappa shape index (κ3) is 4.71. The number of ketones is 1. The molecule has 5 nitrogen and oxygen atoms in total. The monoisotopic (exact) mass is 542 g/mol. The van der Waals surface area contributed by atoms with E-state index in [2.05, 4.69) is 32.4 Å². The van der Waals surface area contributed by atoms with Crippen molar-refractivity contribution >= 4 is 46.5 Å². The molecule has 0 bridgehead atoms. The first kappa shape index (κ1) is 24.3. The summed E-state index contributed by atoms with van der Waals surface area (Å²) in [5.74, 6) is 0.302. The van der Waals surface area contributed by atoms with E-state index < -0.39 is 11.7 Å². The highest BCUT2D eigenvalue weighted by atomic mass is 35.5. The van der Waals surface area contributed by atoms with Gasteiger partial charge in [0, 0.05) is 60.5 Å². The minimum atomic E-state index is -4.46. The number of aromatic nitrogens is 1. The lowest BCUT2D eigenvalue weighted by atomic mass is 10.1. The first-order valence-electron chi connectivity index (χ1n) is 11.9. The predicted molar refractivity (Wildman–Crippen MR) is 140 cm³/mol. The lowest BCUT2D eigenvalue weighted by Crippen LogP contribution is -2.43. The quantitative estimate of drug-likeness (QED) is 0.289. The third-order valence-electron chi connectivity index (χ3n) is 6.88. The van der Waals surface area contributed by atoms with E-state index in [0.717, 1.165) is 52.5 Å². The van der Waals surface area contributed by atoms with Gasteiger partial charge in [0.05, 0.1) is 11.3 Å². The maximum atomic E-state index is 13.2. The Bertz CT molecular complexity index is 1420. The molecule has 1 aromatic heterocycles. The molecule has 0 spiro atoms. The standard InChI is InChI=1S/C27H22ClF3N4OS/c28-25-14-18(27(29,30)31)15-26(32-25)33-9-11-34(12-10-33)37-19-5-6-22-17(13-19)7-8-35(22)23-16-24(36)21-4-2-1-3-20(21)23/h1-6,13-16H,7-12H2. The van der Waals surface area contributed by atoms with Crippen molar-refractivity contribution in [3.05, 3.63) is 88.1 Å². The SMILES string of the molecule is O=C1C=C(N2CCc3cc(SN4CCN(c5cc(C(F)(F)F)cc(Cl)n5)CC4)ccc32)c2ccccc21. The highest BCUT2D eigenvalue weighted by molar-refractivity contribution is 7.97. The van der Waals surface area contributed by atoms with Crippen molar-refractivity contribution in [2.24, 2.45) is 0 Å². The summed E-state index contributed by atoms with van der Waals surface area (Å²) >= 11 is 7.52. The molecule has 0 radical (unpaired) electrons. The van der Waals surface area contributed by atoms with Crippen molar-refractivity contribution in [3.8, 4) is 0 Å². The number of hydrogen-bond donors (Lipinski definition) is 0. The van der Waals surface area contributed by atoms with E-state index in [-0.39, 0.29) is 16.8 Å². The molecule has 1 fully saturated rings. The first-order chi connectivity index (χ1) is 17.8. The van der Waals surface area contributed by atoms with Gasteiger partial charge in [0.2, 0.25) is 0 Å². The lowest BCUT2D eigenvalue weighted by molar-refractivity contribution is -0.137. The van der Waals surface area contributed by atoms with Crippen LogP contribution in [-0.2, 0) is 12.6 Å². The minimum absolute atomic E-state index is 0.0490. The molecule has 2 aliphatic heterocycles. The number of carbonyl (C=O) groups excluding carboxylic acids is 1.